The first kappa shape index (κ1) is 16.8. The van der Waals surface area contributed by atoms with Crippen LogP contribution in [0.3, 0.4) is 0 Å². The third kappa shape index (κ3) is 3.28. The fourth-order valence-electron chi connectivity index (χ4n) is 2.81. The zero-order valence-electron chi connectivity index (χ0n) is 14.2. The molecule has 0 fully saturated rings. The standard InChI is InChI=1S/C19H19NO5/c1-20(19(22)13-6-4-3-5-7-13)9-8-14-10-16-18(25-12-24-16)17(23-2)15(14)11-21/h3-7,10-11H,8-9,12H2,1-2H3. The summed E-state index contributed by atoms with van der Waals surface area (Å²) in [5, 5.41) is 0. The maximum atomic E-state index is 12.4. The van der Waals surface area contributed by atoms with Gasteiger partial charge in [0.15, 0.2) is 17.8 Å². The van der Waals surface area contributed by atoms with E-state index in [2.05, 4.69) is 0 Å². The second-order valence-electron chi connectivity index (χ2n) is 5.68. The monoisotopic (exact) mass is 341 g/mol. The van der Waals surface area contributed by atoms with Crippen molar-refractivity contribution >= 4 is 12.2 Å². The number of benzene rings is 2. The number of amides is 1. The normalized spacial score (nSPS) is 11.9. The van der Waals surface area contributed by atoms with Gasteiger partial charge in [0.25, 0.3) is 5.91 Å². The van der Waals surface area contributed by atoms with Crippen LogP contribution in [0.1, 0.15) is 26.3 Å². The molecule has 130 valence electrons. The summed E-state index contributed by atoms with van der Waals surface area (Å²) in [6.07, 6.45) is 1.24. The number of hydrogen-bond donors (Lipinski definition) is 0. The molecule has 0 bridgehead atoms. The van der Waals surface area contributed by atoms with Gasteiger partial charge in [-0.3, -0.25) is 9.59 Å². The van der Waals surface area contributed by atoms with Gasteiger partial charge in [-0.25, -0.2) is 0 Å². The highest BCUT2D eigenvalue weighted by molar-refractivity contribution is 5.94. The number of methoxy groups -OCH3 is 1. The number of carbonyl (C=O) groups is 2. The van der Waals surface area contributed by atoms with Gasteiger partial charge in [-0.1, -0.05) is 18.2 Å². The summed E-state index contributed by atoms with van der Waals surface area (Å²) in [5.74, 6) is 1.30. The first-order valence-corrected chi connectivity index (χ1v) is 7.91. The van der Waals surface area contributed by atoms with Crippen molar-refractivity contribution in [1.82, 2.24) is 4.90 Å². The smallest absolute Gasteiger partial charge is 0.253 e. The molecule has 25 heavy (non-hydrogen) atoms. The van der Waals surface area contributed by atoms with E-state index in [1.165, 1.54) is 7.11 Å². The summed E-state index contributed by atoms with van der Waals surface area (Å²) < 4.78 is 16.1. The molecule has 6 nitrogen and oxygen atoms in total. The predicted molar refractivity (Wildman–Crippen MR) is 91.6 cm³/mol. The van der Waals surface area contributed by atoms with Crippen LogP contribution in [0.4, 0.5) is 0 Å². The number of aldehydes is 1. The minimum atomic E-state index is -0.0686. The van der Waals surface area contributed by atoms with Gasteiger partial charge in [0, 0.05) is 19.2 Å². The maximum absolute atomic E-state index is 12.4. The van der Waals surface area contributed by atoms with E-state index in [9.17, 15) is 9.59 Å². The van der Waals surface area contributed by atoms with Crippen LogP contribution in [0.2, 0.25) is 0 Å². The van der Waals surface area contributed by atoms with Crippen molar-refractivity contribution in [1.29, 1.82) is 0 Å². The molecule has 0 unspecified atom stereocenters. The maximum Gasteiger partial charge on any atom is 0.253 e. The van der Waals surface area contributed by atoms with Crippen LogP contribution in [0, 0.1) is 0 Å². The van der Waals surface area contributed by atoms with Crippen LogP contribution in [-0.4, -0.2) is 44.6 Å². The summed E-state index contributed by atoms with van der Waals surface area (Å²) >= 11 is 0. The lowest BCUT2D eigenvalue weighted by molar-refractivity contribution is 0.0796. The van der Waals surface area contributed by atoms with E-state index in [4.69, 9.17) is 14.2 Å². The van der Waals surface area contributed by atoms with Gasteiger partial charge in [-0.2, -0.15) is 0 Å². The summed E-state index contributed by atoms with van der Waals surface area (Å²) in [7, 11) is 3.22. The van der Waals surface area contributed by atoms with E-state index >= 15 is 0 Å². The highest BCUT2D eigenvalue weighted by atomic mass is 16.7. The SMILES string of the molecule is COc1c(C=O)c(CCN(C)C(=O)c2ccccc2)cc2c1OCO2. The third-order valence-corrected chi connectivity index (χ3v) is 4.15. The van der Waals surface area contributed by atoms with Gasteiger partial charge >= 0.3 is 0 Å². The molecule has 0 aromatic heterocycles. The summed E-state index contributed by atoms with van der Waals surface area (Å²) in [6, 6.07) is 10.8. The van der Waals surface area contributed by atoms with E-state index in [1.807, 2.05) is 18.2 Å². The zero-order valence-corrected chi connectivity index (χ0v) is 14.2. The van der Waals surface area contributed by atoms with Crippen LogP contribution in [0.15, 0.2) is 36.4 Å². The van der Waals surface area contributed by atoms with Gasteiger partial charge in [-0.15, -0.1) is 0 Å². The Morgan fingerprint density at radius 1 is 1.28 bits per heavy atom. The number of likely N-dealkylation sites (N-methyl/N-ethyl adjacent to an activating group) is 1. The number of rotatable bonds is 6. The van der Waals surface area contributed by atoms with Crippen molar-refractivity contribution in [2.45, 2.75) is 6.42 Å². The molecule has 1 heterocycles. The first-order chi connectivity index (χ1) is 12.2. The molecular weight excluding hydrogens is 322 g/mol. The number of fused-ring (bicyclic) bond motifs is 1. The Labute approximate surface area is 145 Å². The van der Waals surface area contributed by atoms with Crippen molar-refractivity contribution in [3.63, 3.8) is 0 Å². The average molecular weight is 341 g/mol. The summed E-state index contributed by atoms with van der Waals surface area (Å²) in [6.45, 7) is 0.553. The van der Waals surface area contributed by atoms with Crippen LogP contribution < -0.4 is 14.2 Å². The first-order valence-electron chi connectivity index (χ1n) is 7.91. The van der Waals surface area contributed by atoms with Gasteiger partial charge in [0.2, 0.25) is 12.5 Å². The minimum Gasteiger partial charge on any atom is -0.492 e. The Balaban J connectivity index is 1.79. The van der Waals surface area contributed by atoms with Crippen LogP contribution in [-0.2, 0) is 6.42 Å². The molecule has 2 aromatic rings. The van der Waals surface area contributed by atoms with Crippen molar-refractivity contribution in [3.05, 3.63) is 53.1 Å². The highest BCUT2D eigenvalue weighted by Gasteiger charge is 2.25. The molecule has 1 aliphatic rings. The average Bonchev–Trinajstić information content (AvgIpc) is 3.12. The van der Waals surface area contributed by atoms with E-state index in [0.29, 0.717) is 41.3 Å². The van der Waals surface area contributed by atoms with Crippen molar-refractivity contribution in [2.75, 3.05) is 27.5 Å². The molecule has 6 heteroatoms. The Kier molecular flexibility index (Phi) is 4.88. The van der Waals surface area contributed by atoms with E-state index < -0.39 is 0 Å². The Morgan fingerprint density at radius 3 is 2.72 bits per heavy atom. The lowest BCUT2D eigenvalue weighted by atomic mass is 10.0. The summed E-state index contributed by atoms with van der Waals surface area (Å²) in [5.41, 5.74) is 1.81. The topological polar surface area (TPSA) is 65.1 Å². The molecule has 1 amide bonds. The number of carbonyl (C=O) groups excluding carboxylic acids is 2. The number of ether oxygens (including phenoxy) is 3. The van der Waals surface area contributed by atoms with Crippen molar-refractivity contribution in [3.8, 4) is 17.2 Å². The van der Waals surface area contributed by atoms with Crippen LogP contribution in [0.5, 0.6) is 17.2 Å². The van der Waals surface area contributed by atoms with Gasteiger partial charge in [0.1, 0.15) is 0 Å². The Bertz CT molecular complexity index is 788. The lowest BCUT2D eigenvalue weighted by Gasteiger charge is -2.18. The fourth-order valence-corrected chi connectivity index (χ4v) is 2.81. The molecule has 0 saturated carbocycles. The van der Waals surface area contributed by atoms with Crippen molar-refractivity contribution < 1.29 is 23.8 Å². The molecular formula is C19H19NO5. The number of hydrogen-bond acceptors (Lipinski definition) is 5. The van der Waals surface area contributed by atoms with E-state index in [-0.39, 0.29) is 12.7 Å². The van der Waals surface area contributed by atoms with Crippen LogP contribution in [0.25, 0.3) is 0 Å². The minimum absolute atomic E-state index is 0.0686. The number of nitrogens with zero attached hydrogens (tertiary/aromatic N) is 1. The van der Waals surface area contributed by atoms with E-state index in [1.54, 1.807) is 30.1 Å². The Morgan fingerprint density at radius 2 is 2.04 bits per heavy atom. The predicted octanol–water partition coefficient (Wildman–Crippen LogP) is 2.55. The second kappa shape index (κ2) is 7.25. The molecule has 0 N–H and O–H groups in total. The van der Waals surface area contributed by atoms with Gasteiger partial charge < -0.3 is 19.1 Å². The molecule has 3 rings (SSSR count). The molecule has 2 aromatic carbocycles. The van der Waals surface area contributed by atoms with Gasteiger partial charge in [-0.05, 0) is 30.2 Å². The lowest BCUT2D eigenvalue weighted by Crippen LogP contribution is -2.29. The quantitative estimate of drug-likeness (QED) is 0.756. The molecule has 0 saturated heterocycles. The third-order valence-electron chi connectivity index (χ3n) is 4.15. The fraction of sp³-hybridized carbons (Fsp3) is 0.263. The molecule has 0 aliphatic carbocycles. The highest BCUT2D eigenvalue weighted by Crippen LogP contribution is 2.44. The molecule has 0 spiro atoms. The molecule has 1 aliphatic heterocycles. The largest absolute Gasteiger partial charge is 0.492 e. The van der Waals surface area contributed by atoms with Gasteiger partial charge in [0.05, 0.1) is 12.7 Å². The van der Waals surface area contributed by atoms with Crippen LogP contribution >= 0.6 is 0 Å². The molecule has 0 radical (unpaired) electrons. The Hall–Kier alpha value is -3.02. The summed E-state index contributed by atoms with van der Waals surface area (Å²) in [4.78, 5) is 25.6. The molecule has 0 atom stereocenters. The van der Waals surface area contributed by atoms with E-state index in [0.717, 1.165) is 11.8 Å². The zero-order chi connectivity index (χ0) is 17.8. The van der Waals surface area contributed by atoms with Crippen molar-refractivity contribution in [2.24, 2.45) is 0 Å². The second-order valence-corrected chi connectivity index (χ2v) is 5.68.